The Balaban J connectivity index is 2.20. The molecule has 1 fully saturated rings. The van der Waals surface area contributed by atoms with Gasteiger partial charge in [0.05, 0.1) is 5.56 Å². The molecule has 0 atom stereocenters. The number of nitrogens with zero attached hydrogens (tertiary/aromatic N) is 1. The monoisotopic (exact) mass is 299 g/mol. The number of rotatable bonds is 1. The van der Waals surface area contributed by atoms with Gasteiger partial charge in [-0.1, -0.05) is 13.0 Å². The summed E-state index contributed by atoms with van der Waals surface area (Å²) >= 11 is 3.24. The molecule has 1 aromatic carbocycles. The first-order valence-electron chi connectivity index (χ1n) is 5.83. The van der Waals surface area contributed by atoms with Gasteiger partial charge in [-0.25, -0.2) is 4.39 Å². The van der Waals surface area contributed by atoms with Crippen LogP contribution in [-0.4, -0.2) is 23.9 Å². The normalized spacial score (nSPS) is 17.2. The summed E-state index contributed by atoms with van der Waals surface area (Å²) in [6, 6.07) is 4.61. The molecule has 1 amide bonds. The van der Waals surface area contributed by atoms with Gasteiger partial charge in [-0.15, -0.1) is 0 Å². The second kappa shape index (κ2) is 5.17. The van der Waals surface area contributed by atoms with Gasteiger partial charge in [0.25, 0.3) is 5.91 Å². The van der Waals surface area contributed by atoms with Crippen LogP contribution in [-0.2, 0) is 0 Å². The van der Waals surface area contributed by atoms with E-state index in [0.29, 0.717) is 10.4 Å². The summed E-state index contributed by atoms with van der Waals surface area (Å²) in [6.07, 6.45) is 2.00. The van der Waals surface area contributed by atoms with Crippen molar-refractivity contribution in [3.8, 4) is 0 Å². The van der Waals surface area contributed by atoms with Gasteiger partial charge in [0.1, 0.15) is 5.82 Å². The van der Waals surface area contributed by atoms with E-state index in [1.807, 2.05) is 0 Å². The molecule has 0 aromatic heterocycles. The molecule has 0 spiro atoms. The molecule has 2 nitrogen and oxygen atoms in total. The maximum absolute atomic E-state index is 13.7. The Hall–Kier alpha value is -0.900. The van der Waals surface area contributed by atoms with Crippen molar-refractivity contribution in [2.45, 2.75) is 19.8 Å². The zero-order chi connectivity index (χ0) is 12.4. The van der Waals surface area contributed by atoms with Gasteiger partial charge in [-0.05, 0) is 46.8 Å². The lowest BCUT2D eigenvalue weighted by Gasteiger charge is -2.30. The number of hydrogen-bond donors (Lipinski definition) is 0. The molecule has 1 aliphatic heterocycles. The number of piperidine rings is 1. The largest absolute Gasteiger partial charge is 0.339 e. The summed E-state index contributed by atoms with van der Waals surface area (Å²) in [6.45, 7) is 3.63. The molecule has 0 bridgehead atoms. The maximum atomic E-state index is 13.7. The van der Waals surface area contributed by atoms with Crippen LogP contribution in [0.1, 0.15) is 30.1 Å². The Morgan fingerprint density at radius 1 is 1.41 bits per heavy atom. The first-order valence-corrected chi connectivity index (χ1v) is 6.62. The highest BCUT2D eigenvalue weighted by molar-refractivity contribution is 9.10. The Morgan fingerprint density at radius 3 is 2.65 bits per heavy atom. The molecule has 1 heterocycles. The Morgan fingerprint density at radius 2 is 2.06 bits per heavy atom. The van der Waals surface area contributed by atoms with Crippen molar-refractivity contribution in [1.29, 1.82) is 0 Å². The van der Waals surface area contributed by atoms with E-state index in [9.17, 15) is 9.18 Å². The van der Waals surface area contributed by atoms with Crippen molar-refractivity contribution in [1.82, 2.24) is 4.90 Å². The first kappa shape index (κ1) is 12.6. The summed E-state index contributed by atoms with van der Waals surface area (Å²) in [4.78, 5) is 13.9. The van der Waals surface area contributed by atoms with E-state index in [-0.39, 0.29) is 11.5 Å². The highest BCUT2D eigenvalue weighted by atomic mass is 79.9. The summed E-state index contributed by atoms with van der Waals surface area (Å²) in [5.74, 6) is -0.00650. The minimum Gasteiger partial charge on any atom is -0.339 e. The summed E-state index contributed by atoms with van der Waals surface area (Å²) in [5.41, 5.74) is 0.155. The van der Waals surface area contributed by atoms with Crippen LogP contribution in [0.3, 0.4) is 0 Å². The van der Waals surface area contributed by atoms with Gasteiger partial charge in [-0.3, -0.25) is 4.79 Å². The van der Waals surface area contributed by atoms with E-state index in [2.05, 4.69) is 22.9 Å². The smallest absolute Gasteiger partial charge is 0.257 e. The van der Waals surface area contributed by atoms with Gasteiger partial charge in [-0.2, -0.15) is 0 Å². The molecular weight excluding hydrogens is 285 g/mol. The van der Waals surface area contributed by atoms with E-state index < -0.39 is 5.82 Å². The Labute approximate surface area is 109 Å². The predicted molar refractivity (Wildman–Crippen MR) is 68.4 cm³/mol. The number of hydrogen-bond acceptors (Lipinski definition) is 1. The summed E-state index contributed by atoms with van der Waals surface area (Å²) in [5, 5.41) is 0. The third-order valence-corrected chi connectivity index (χ3v) is 3.91. The number of carbonyl (C=O) groups excluding carboxylic acids is 1. The lowest BCUT2D eigenvalue weighted by atomic mass is 9.98. The molecule has 0 aliphatic carbocycles. The molecule has 92 valence electrons. The van der Waals surface area contributed by atoms with Crippen LogP contribution in [0, 0.1) is 11.7 Å². The average Bonchev–Trinajstić information content (AvgIpc) is 2.29. The second-order valence-electron chi connectivity index (χ2n) is 4.57. The SMILES string of the molecule is CC1CCN(C(=O)c2c(F)cccc2Br)CC1. The van der Waals surface area contributed by atoms with E-state index in [1.165, 1.54) is 6.07 Å². The molecule has 1 aromatic rings. The van der Waals surface area contributed by atoms with Crippen molar-refractivity contribution in [2.75, 3.05) is 13.1 Å². The van der Waals surface area contributed by atoms with Crippen molar-refractivity contribution in [2.24, 2.45) is 5.92 Å². The lowest BCUT2D eigenvalue weighted by molar-refractivity contribution is 0.0691. The molecule has 0 N–H and O–H groups in total. The van der Waals surface area contributed by atoms with Crippen LogP contribution >= 0.6 is 15.9 Å². The first-order chi connectivity index (χ1) is 8.09. The van der Waals surface area contributed by atoms with Crippen molar-refractivity contribution >= 4 is 21.8 Å². The van der Waals surface area contributed by atoms with Gasteiger partial charge in [0.2, 0.25) is 0 Å². The molecule has 0 unspecified atom stereocenters. The predicted octanol–water partition coefficient (Wildman–Crippen LogP) is 3.46. The fraction of sp³-hybridized carbons (Fsp3) is 0.462. The number of benzene rings is 1. The lowest BCUT2D eigenvalue weighted by Crippen LogP contribution is -2.38. The molecule has 1 saturated heterocycles. The van der Waals surface area contributed by atoms with Gasteiger partial charge in [0, 0.05) is 17.6 Å². The molecule has 17 heavy (non-hydrogen) atoms. The molecule has 0 radical (unpaired) electrons. The standard InChI is InChI=1S/C13H15BrFNO/c1-9-5-7-16(8-6-9)13(17)12-10(14)3-2-4-11(12)15/h2-4,9H,5-8H2,1H3. The number of halogens is 2. The zero-order valence-electron chi connectivity index (χ0n) is 9.75. The van der Waals surface area contributed by atoms with Gasteiger partial charge in [0.15, 0.2) is 0 Å². The van der Waals surface area contributed by atoms with E-state index in [1.54, 1.807) is 17.0 Å². The number of carbonyl (C=O) groups is 1. The second-order valence-corrected chi connectivity index (χ2v) is 5.43. The topological polar surface area (TPSA) is 20.3 Å². The summed E-state index contributed by atoms with van der Waals surface area (Å²) < 4.78 is 14.2. The number of likely N-dealkylation sites (tertiary alicyclic amines) is 1. The fourth-order valence-corrected chi connectivity index (χ4v) is 2.58. The van der Waals surface area contributed by atoms with Crippen molar-refractivity contribution in [3.63, 3.8) is 0 Å². The maximum Gasteiger partial charge on any atom is 0.257 e. The summed E-state index contributed by atoms with van der Waals surface area (Å²) in [7, 11) is 0. The molecule has 1 aliphatic rings. The zero-order valence-corrected chi connectivity index (χ0v) is 11.3. The minimum absolute atomic E-state index is 0.155. The third-order valence-electron chi connectivity index (χ3n) is 3.25. The van der Waals surface area contributed by atoms with Crippen LogP contribution in [0.15, 0.2) is 22.7 Å². The molecular formula is C13H15BrFNO. The van der Waals surface area contributed by atoms with E-state index >= 15 is 0 Å². The Bertz CT molecular complexity index is 407. The van der Waals surface area contributed by atoms with Gasteiger partial charge < -0.3 is 4.90 Å². The van der Waals surface area contributed by atoms with Crippen LogP contribution in [0.5, 0.6) is 0 Å². The van der Waals surface area contributed by atoms with Crippen molar-refractivity contribution < 1.29 is 9.18 Å². The molecule has 0 saturated carbocycles. The minimum atomic E-state index is -0.456. The average molecular weight is 300 g/mol. The fourth-order valence-electron chi connectivity index (χ4n) is 2.07. The van der Waals surface area contributed by atoms with Crippen LogP contribution in [0.2, 0.25) is 0 Å². The highest BCUT2D eigenvalue weighted by Crippen LogP contribution is 2.24. The Kier molecular flexibility index (Phi) is 3.82. The van der Waals surface area contributed by atoms with Crippen LogP contribution < -0.4 is 0 Å². The quantitative estimate of drug-likeness (QED) is 0.778. The molecule has 2 rings (SSSR count). The van der Waals surface area contributed by atoms with Crippen LogP contribution in [0.4, 0.5) is 4.39 Å². The van der Waals surface area contributed by atoms with Crippen LogP contribution in [0.25, 0.3) is 0 Å². The van der Waals surface area contributed by atoms with Gasteiger partial charge >= 0.3 is 0 Å². The third kappa shape index (κ3) is 2.68. The van der Waals surface area contributed by atoms with E-state index in [0.717, 1.165) is 25.9 Å². The highest BCUT2D eigenvalue weighted by Gasteiger charge is 2.24. The van der Waals surface area contributed by atoms with Crippen molar-refractivity contribution in [3.05, 3.63) is 34.1 Å². The van der Waals surface area contributed by atoms with E-state index in [4.69, 9.17) is 0 Å². The number of amides is 1. The molecule has 4 heteroatoms.